The molecule has 14 heavy (non-hydrogen) atoms. The van der Waals surface area contributed by atoms with Crippen molar-refractivity contribution in [2.45, 2.75) is 33.1 Å². The van der Waals surface area contributed by atoms with E-state index in [1.54, 1.807) is 0 Å². The summed E-state index contributed by atoms with van der Waals surface area (Å²) in [5.41, 5.74) is 4.03. The van der Waals surface area contributed by atoms with E-state index in [1.807, 2.05) is 16.9 Å². The zero-order valence-corrected chi connectivity index (χ0v) is 9.20. The number of aryl methyl sites for hydroxylation is 1. The Kier molecular flexibility index (Phi) is 1.88. The van der Waals surface area contributed by atoms with E-state index in [0.29, 0.717) is 0 Å². The van der Waals surface area contributed by atoms with Gasteiger partial charge >= 0.3 is 0 Å². The molecule has 0 atom stereocenters. The Morgan fingerprint density at radius 3 is 2.64 bits per heavy atom. The third-order valence-electron chi connectivity index (χ3n) is 2.53. The molecule has 0 spiro atoms. The van der Waals surface area contributed by atoms with Gasteiger partial charge in [0.05, 0.1) is 11.7 Å². The minimum Gasteiger partial charge on any atom is -0.240 e. The topological polar surface area (TPSA) is 17.3 Å². The normalized spacial score (nSPS) is 12.3. The average Bonchev–Trinajstić information content (AvgIpc) is 2.46. The maximum absolute atomic E-state index is 4.31. The molecule has 0 N–H and O–H groups in total. The van der Waals surface area contributed by atoms with Gasteiger partial charge in [-0.25, -0.2) is 4.52 Å². The lowest BCUT2D eigenvalue weighted by molar-refractivity contribution is 0.592. The second-order valence-electron chi connectivity index (χ2n) is 4.79. The Balaban J connectivity index is 2.82. The number of nitrogens with zero attached hydrogens (tertiary/aromatic N) is 2. The molecule has 0 aromatic carbocycles. The Labute approximate surface area is 84.6 Å². The first-order chi connectivity index (χ1) is 6.50. The van der Waals surface area contributed by atoms with E-state index in [1.165, 1.54) is 16.6 Å². The lowest BCUT2D eigenvalue weighted by Crippen LogP contribution is -2.12. The van der Waals surface area contributed by atoms with E-state index in [4.69, 9.17) is 0 Å². The van der Waals surface area contributed by atoms with Gasteiger partial charge in [-0.15, -0.1) is 0 Å². The summed E-state index contributed by atoms with van der Waals surface area (Å²) in [6.45, 7) is 8.80. The molecule has 0 aliphatic rings. The molecule has 0 saturated carbocycles. The Bertz CT molecular complexity index is 461. The molecule has 0 saturated heterocycles. The maximum Gasteiger partial charge on any atom is 0.0727 e. The van der Waals surface area contributed by atoms with Gasteiger partial charge in [0.2, 0.25) is 0 Å². The van der Waals surface area contributed by atoms with Gasteiger partial charge < -0.3 is 0 Å². The van der Waals surface area contributed by atoms with E-state index >= 15 is 0 Å². The van der Waals surface area contributed by atoms with Crippen LogP contribution in [-0.4, -0.2) is 9.61 Å². The lowest BCUT2D eigenvalue weighted by atomic mass is 9.86. The molecule has 2 heterocycles. The van der Waals surface area contributed by atoms with E-state index in [9.17, 15) is 0 Å². The van der Waals surface area contributed by atoms with Crippen molar-refractivity contribution in [3.63, 3.8) is 0 Å². The zero-order valence-electron chi connectivity index (χ0n) is 9.20. The third kappa shape index (κ3) is 1.31. The fraction of sp³-hybridized carbons (Fsp3) is 0.417. The first kappa shape index (κ1) is 9.25. The van der Waals surface area contributed by atoms with Crippen LogP contribution in [0, 0.1) is 6.92 Å². The number of rotatable bonds is 0. The number of hydrogen-bond donors (Lipinski definition) is 0. The summed E-state index contributed by atoms with van der Waals surface area (Å²) >= 11 is 0. The molecule has 0 radical (unpaired) electrons. The van der Waals surface area contributed by atoms with Gasteiger partial charge in [0.15, 0.2) is 0 Å². The molecule has 2 heteroatoms. The van der Waals surface area contributed by atoms with Gasteiger partial charge in [0.1, 0.15) is 0 Å². The van der Waals surface area contributed by atoms with Crippen LogP contribution in [0.4, 0.5) is 0 Å². The van der Waals surface area contributed by atoms with Crippen LogP contribution in [0.15, 0.2) is 24.5 Å². The minimum atomic E-state index is 0.174. The Morgan fingerprint density at radius 1 is 1.29 bits per heavy atom. The predicted molar refractivity (Wildman–Crippen MR) is 58.6 cm³/mol. The summed E-state index contributed by atoms with van der Waals surface area (Å²) in [5.74, 6) is 0. The summed E-state index contributed by atoms with van der Waals surface area (Å²) in [6, 6.07) is 4.24. The molecule has 0 bridgehead atoms. The summed E-state index contributed by atoms with van der Waals surface area (Å²) in [6.07, 6.45) is 3.92. The smallest absolute Gasteiger partial charge is 0.0727 e. The van der Waals surface area contributed by atoms with Crippen molar-refractivity contribution in [3.8, 4) is 0 Å². The highest BCUT2D eigenvalue weighted by atomic mass is 15.2. The van der Waals surface area contributed by atoms with Crippen molar-refractivity contribution in [3.05, 3.63) is 35.7 Å². The summed E-state index contributed by atoms with van der Waals surface area (Å²) < 4.78 is 1.95. The monoisotopic (exact) mass is 188 g/mol. The summed E-state index contributed by atoms with van der Waals surface area (Å²) in [5, 5.41) is 4.31. The molecule has 0 aliphatic heterocycles. The molecule has 0 unspecified atom stereocenters. The molecule has 2 aromatic rings. The van der Waals surface area contributed by atoms with Crippen LogP contribution in [0.3, 0.4) is 0 Å². The minimum absolute atomic E-state index is 0.174. The third-order valence-corrected chi connectivity index (χ3v) is 2.53. The van der Waals surface area contributed by atoms with Crippen molar-refractivity contribution >= 4 is 5.52 Å². The standard InChI is InChI=1S/C12H16N2/c1-9-8-13-14-7-5-6-10(11(9)14)12(2,3)4/h5-8H,1-4H3. The van der Waals surface area contributed by atoms with Gasteiger partial charge in [-0.2, -0.15) is 5.10 Å². The van der Waals surface area contributed by atoms with E-state index in [-0.39, 0.29) is 5.41 Å². The van der Waals surface area contributed by atoms with Gasteiger partial charge in [0.25, 0.3) is 0 Å². The van der Waals surface area contributed by atoms with Crippen molar-refractivity contribution < 1.29 is 0 Å². The lowest BCUT2D eigenvalue weighted by Gasteiger charge is -2.20. The number of aromatic nitrogens is 2. The molecule has 74 valence electrons. The molecule has 0 fully saturated rings. The summed E-state index contributed by atoms with van der Waals surface area (Å²) in [7, 11) is 0. The van der Waals surface area contributed by atoms with Crippen molar-refractivity contribution in [1.82, 2.24) is 9.61 Å². The van der Waals surface area contributed by atoms with Crippen molar-refractivity contribution in [2.75, 3.05) is 0 Å². The van der Waals surface area contributed by atoms with Crippen LogP contribution in [0.2, 0.25) is 0 Å². The molecule has 2 aromatic heterocycles. The number of pyridine rings is 1. The molecular formula is C12H16N2. The van der Waals surface area contributed by atoms with Gasteiger partial charge in [0, 0.05) is 6.20 Å². The maximum atomic E-state index is 4.31. The Hall–Kier alpha value is -1.31. The quantitative estimate of drug-likeness (QED) is 0.621. The van der Waals surface area contributed by atoms with E-state index in [0.717, 1.165) is 0 Å². The number of hydrogen-bond acceptors (Lipinski definition) is 1. The highest BCUT2D eigenvalue weighted by molar-refractivity contribution is 5.61. The van der Waals surface area contributed by atoms with Crippen LogP contribution in [0.5, 0.6) is 0 Å². The average molecular weight is 188 g/mol. The molecular weight excluding hydrogens is 172 g/mol. The fourth-order valence-corrected chi connectivity index (χ4v) is 1.80. The zero-order chi connectivity index (χ0) is 10.3. The van der Waals surface area contributed by atoms with E-state index < -0.39 is 0 Å². The fourth-order valence-electron chi connectivity index (χ4n) is 1.80. The largest absolute Gasteiger partial charge is 0.240 e. The second kappa shape index (κ2) is 2.84. The molecule has 2 nitrogen and oxygen atoms in total. The van der Waals surface area contributed by atoms with E-state index in [2.05, 4.69) is 44.9 Å². The van der Waals surface area contributed by atoms with Crippen LogP contribution < -0.4 is 0 Å². The molecule has 0 amide bonds. The van der Waals surface area contributed by atoms with Crippen LogP contribution in [0.25, 0.3) is 5.52 Å². The van der Waals surface area contributed by atoms with Gasteiger partial charge in [-0.3, -0.25) is 0 Å². The van der Waals surface area contributed by atoms with Crippen molar-refractivity contribution in [2.24, 2.45) is 0 Å². The van der Waals surface area contributed by atoms with Gasteiger partial charge in [-0.1, -0.05) is 26.8 Å². The SMILES string of the molecule is Cc1cnn2cccc(C(C)(C)C)c12. The summed E-state index contributed by atoms with van der Waals surface area (Å²) in [4.78, 5) is 0. The van der Waals surface area contributed by atoms with Crippen LogP contribution in [-0.2, 0) is 5.41 Å². The molecule has 0 aliphatic carbocycles. The van der Waals surface area contributed by atoms with Crippen LogP contribution in [0.1, 0.15) is 31.9 Å². The van der Waals surface area contributed by atoms with Crippen molar-refractivity contribution in [1.29, 1.82) is 0 Å². The second-order valence-corrected chi connectivity index (χ2v) is 4.79. The highest BCUT2D eigenvalue weighted by Crippen LogP contribution is 2.27. The van der Waals surface area contributed by atoms with Gasteiger partial charge in [-0.05, 0) is 29.5 Å². The highest BCUT2D eigenvalue weighted by Gasteiger charge is 2.18. The van der Waals surface area contributed by atoms with Crippen LogP contribution >= 0.6 is 0 Å². The number of fused-ring (bicyclic) bond motifs is 1. The molecule has 2 rings (SSSR count). The first-order valence-corrected chi connectivity index (χ1v) is 4.93. The Morgan fingerprint density at radius 2 is 2.00 bits per heavy atom. The predicted octanol–water partition coefficient (Wildman–Crippen LogP) is 2.94. The first-order valence-electron chi connectivity index (χ1n) is 4.93.